The molecule has 0 aliphatic rings. The lowest BCUT2D eigenvalue weighted by molar-refractivity contribution is -0.189. The van der Waals surface area contributed by atoms with Gasteiger partial charge < -0.3 is 4.74 Å². The van der Waals surface area contributed by atoms with Crippen molar-refractivity contribution < 1.29 is 39.9 Å². The van der Waals surface area contributed by atoms with Gasteiger partial charge in [-0.1, -0.05) is 54.1 Å². The van der Waals surface area contributed by atoms with Gasteiger partial charge in [0, 0.05) is 17.2 Å². The molecule has 5 aromatic rings. The second kappa shape index (κ2) is 10.7. The monoisotopic (exact) mass is 570 g/mol. The molecule has 0 atom stereocenters. The molecule has 9 heteroatoms. The molecule has 0 bridgehead atoms. The van der Waals surface area contributed by atoms with E-state index in [2.05, 4.69) is 4.74 Å². The maximum absolute atomic E-state index is 15.1. The minimum absolute atomic E-state index is 0.0769. The molecule has 5 aromatic carbocycles. The van der Waals surface area contributed by atoms with Gasteiger partial charge in [-0.25, -0.2) is 26.3 Å². The van der Waals surface area contributed by atoms with E-state index in [4.69, 9.17) is 0 Å². The van der Waals surface area contributed by atoms with Gasteiger partial charge in [-0.3, -0.25) is 0 Å². The Bertz CT molecular complexity index is 1740. The molecule has 0 saturated carbocycles. The lowest BCUT2D eigenvalue weighted by atomic mass is 9.96. The van der Waals surface area contributed by atoms with Gasteiger partial charge in [0.1, 0.15) is 34.6 Å². The Kier molecular flexibility index (Phi) is 7.29. The van der Waals surface area contributed by atoms with Crippen LogP contribution in [0.2, 0.25) is 0 Å². The van der Waals surface area contributed by atoms with Gasteiger partial charge >= 0.3 is 6.11 Å². The number of aryl methyl sites for hydroxylation is 1. The molecule has 0 aliphatic carbocycles. The Morgan fingerprint density at radius 3 is 1.56 bits per heavy atom. The van der Waals surface area contributed by atoms with Crippen molar-refractivity contribution in [3.05, 3.63) is 137 Å². The first-order valence-electron chi connectivity index (χ1n) is 12.1. The molecular weight excluding hydrogens is 552 g/mol. The van der Waals surface area contributed by atoms with Crippen LogP contribution in [0.1, 0.15) is 11.1 Å². The fraction of sp³-hybridized carbons (Fsp3) is 0.0625. The van der Waals surface area contributed by atoms with Crippen molar-refractivity contribution >= 4 is 0 Å². The normalized spacial score (nSPS) is 11.5. The summed E-state index contributed by atoms with van der Waals surface area (Å²) in [5, 5.41) is 0. The fourth-order valence-corrected chi connectivity index (χ4v) is 4.34. The molecule has 0 unspecified atom stereocenters. The third-order valence-corrected chi connectivity index (χ3v) is 6.42. The van der Waals surface area contributed by atoms with Crippen LogP contribution in [-0.4, -0.2) is 0 Å². The number of benzene rings is 5. The van der Waals surface area contributed by atoms with Crippen LogP contribution in [0.5, 0.6) is 5.75 Å². The van der Waals surface area contributed by atoms with E-state index in [0.717, 1.165) is 23.3 Å². The predicted molar refractivity (Wildman–Crippen MR) is 138 cm³/mol. The zero-order valence-electron chi connectivity index (χ0n) is 21.1. The van der Waals surface area contributed by atoms with Crippen molar-refractivity contribution in [3.63, 3.8) is 0 Å². The molecule has 0 amide bonds. The summed E-state index contributed by atoms with van der Waals surface area (Å²) in [4.78, 5) is 0. The van der Waals surface area contributed by atoms with Crippen molar-refractivity contribution in [2.75, 3.05) is 0 Å². The molecule has 5 rings (SSSR count). The van der Waals surface area contributed by atoms with Crippen LogP contribution in [0.3, 0.4) is 0 Å². The van der Waals surface area contributed by atoms with Crippen LogP contribution in [0.4, 0.5) is 35.1 Å². The van der Waals surface area contributed by atoms with Crippen molar-refractivity contribution in [3.8, 4) is 39.1 Å². The third-order valence-electron chi connectivity index (χ3n) is 6.42. The summed E-state index contributed by atoms with van der Waals surface area (Å²) >= 11 is 0. The number of rotatable bonds is 6. The van der Waals surface area contributed by atoms with Crippen molar-refractivity contribution in [2.45, 2.75) is 13.0 Å². The van der Waals surface area contributed by atoms with E-state index in [-0.39, 0.29) is 16.7 Å². The van der Waals surface area contributed by atoms with Crippen molar-refractivity contribution in [2.24, 2.45) is 0 Å². The minimum Gasteiger partial charge on any atom is -0.429 e. The summed E-state index contributed by atoms with van der Waals surface area (Å²) in [5.41, 5.74) is 0.108. The van der Waals surface area contributed by atoms with E-state index in [1.807, 2.05) is 31.2 Å². The molecule has 0 heterocycles. The molecule has 0 aliphatic heterocycles. The number of halogens is 8. The summed E-state index contributed by atoms with van der Waals surface area (Å²) in [5.74, 6) is -8.87. The minimum atomic E-state index is -4.62. The fourth-order valence-electron chi connectivity index (χ4n) is 4.34. The Morgan fingerprint density at radius 2 is 0.976 bits per heavy atom. The topological polar surface area (TPSA) is 9.23 Å². The molecule has 208 valence electrons. The maximum atomic E-state index is 15.1. The van der Waals surface area contributed by atoms with Crippen molar-refractivity contribution in [1.29, 1.82) is 0 Å². The first-order chi connectivity index (χ1) is 19.4. The molecule has 0 aromatic heterocycles. The second-order valence-electron chi connectivity index (χ2n) is 9.26. The van der Waals surface area contributed by atoms with Gasteiger partial charge in [0.05, 0.1) is 0 Å². The average molecular weight is 570 g/mol. The molecule has 1 nitrogen and oxygen atoms in total. The highest BCUT2D eigenvalue weighted by molar-refractivity contribution is 5.74. The number of hydrogen-bond donors (Lipinski definition) is 0. The first kappa shape index (κ1) is 27.9. The van der Waals surface area contributed by atoms with Gasteiger partial charge in [0.2, 0.25) is 0 Å². The zero-order valence-corrected chi connectivity index (χ0v) is 21.1. The number of alkyl halides is 2. The molecule has 41 heavy (non-hydrogen) atoms. The van der Waals surface area contributed by atoms with E-state index in [1.54, 1.807) is 6.07 Å². The summed E-state index contributed by atoms with van der Waals surface area (Å²) < 4.78 is 119. The van der Waals surface area contributed by atoms with Crippen LogP contribution in [-0.2, 0) is 6.11 Å². The average Bonchev–Trinajstić information content (AvgIpc) is 2.90. The van der Waals surface area contributed by atoms with E-state index in [9.17, 15) is 30.7 Å². The summed E-state index contributed by atoms with van der Waals surface area (Å²) in [6.07, 6.45) is -4.62. The van der Waals surface area contributed by atoms with E-state index < -0.39 is 57.9 Å². The van der Waals surface area contributed by atoms with Crippen LogP contribution >= 0.6 is 0 Å². The maximum Gasteiger partial charge on any atom is 0.432 e. The molecule has 0 fully saturated rings. The van der Waals surface area contributed by atoms with E-state index >= 15 is 4.39 Å². The van der Waals surface area contributed by atoms with E-state index in [0.29, 0.717) is 35.9 Å². The Hall–Kier alpha value is -4.66. The number of ether oxygens (including phenoxy) is 1. The van der Waals surface area contributed by atoms with Gasteiger partial charge in [0.25, 0.3) is 0 Å². The Labute approximate surface area is 229 Å². The Balaban J connectivity index is 1.43. The van der Waals surface area contributed by atoms with Crippen LogP contribution in [0.25, 0.3) is 33.4 Å². The molecule has 0 spiro atoms. The molecule has 0 radical (unpaired) electrons. The first-order valence-corrected chi connectivity index (χ1v) is 12.1. The quantitative estimate of drug-likeness (QED) is 0.185. The highest BCUT2D eigenvalue weighted by atomic mass is 19.3. The second-order valence-corrected chi connectivity index (χ2v) is 9.26. The van der Waals surface area contributed by atoms with Crippen LogP contribution < -0.4 is 4.74 Å². The largest absolute Gasteiger partial charge is 0.432 e. The van der Waals surface area contributed by atoms with Crippen LogP contribution in [0.15, 0.2) is 91.0 Å². The Morgan fingerprint density at radius 1 is 0.463 bits per heavy atom. The zero-order chi connectivity index (χ0) is 29.5. The highest BCUT2D eigenvalue weighted by Crippen LogP contribution is 2.38. The van der Waals surface area contributed by atoms with Gasteiger partial charge in [-0.15, -0.1) is 0 Å². The third kappa shape index (κ3) is 5.66. The summed E-state index contributed by atoms with van der Waals surface area (Å²) in [6, 6.07) is 17.7. The standard InChI is InChI=1S/C32H18F8O/c1-17-2-4-18(5-3-17)19-6-9-23(26(34)12-19)20-7-10-24(27(35)13-20)21-14-29(37)31(30(38)15-21)32(39,40)41-22-8-11-25(33)28(36)16-22/h2-16H,1H3. The molecular formula is C32H18F8O. The van der Waals surface area contributed by atoms with Gasteiger partial charge in [-0.05, 0) is 65.6 Å². The van der Waals surface area contributed by atoms with Gasteiger partial charge in [-0.2, -0.15) is 8.78 Å². The number of hydrogen-bond acceptors (Lipinski definition) is 1. The summed E-state index contributed by atoms with van der Waals surface area (Å²) in [7, 11) is 0. The lowest BCUT2D eigenvalue weighted by Gasteiger charge is -2.20. The van der Waals surface area contributed by atoms with Crippen LogP contribution in [0, 0.1) is 41.8 Å². The van der Waals surface area contributed by atoms with Gasteiger partial charge in [0.15, 0.2) is 11.6 Å². The SMILES string of the molecule is Cc1ccc(-c2ccc(-c3ccc(-c4cc(F)c(C(F)(F)Oc5ccc(F)c(F)c5)c(F)c4)c(F)c3)c(F)c2)cc1. The molecule has 0 N–H and O–H groups in total. The van der Waals surface area contributed by atoms with Crippen molar-refractivity contribution in [1.82, 2.24) is 0 Å². The predicted octanol–water partition coefficient (Wildman–Crippen LogP) is 9.96. The molecule has 0 saturated heterocycles. The van der Waals surface area contributed by atoms with E-state index in [1.165, 1.54) is 18.2 Å². The summed E-state index contributed by atoms with van der Waals surface area (Å²) in [6.45, 7) is 1.92. The lowest BCUT2D eigenvalue weighted by Crippen LogP contribution is -2.25. The highest BCUT2D eigenvalue weighted by Gasteiger charge is 2.41. The smallest absolute Gasteiger partial charge is 0.429 e.